The first kappa shape index (κ1) is 14.0. The highest BCUT2D eigenvalue weighted by Gasteiger charge is 2.13. The Kier molecular flexibility index (Phi) is 4.34. The number of benzene rings is 1. The van der Waals surface area contributed by atoms with Gasteiger partial charge < -0.3 is 15.0 Å². The van der Waals surface area contributed by atoms with Crippen LogP contribution in [0.4, 0.5) is 16.2 Å². The van der Waals surface area contributed by atoms with Gasteiger partial charge in [-0.1, -0.05) is 18.2 Å². The van der Waals surface area contributed by atoms with Crippen LogP contribution in [0.15, 0.2) is 30.5 Å². The molecule has 106 valence electrons. The minimum absolute atomic E-state index is 0.246. The summed E-state index contributed by atoms with van der Waals surface area (Å²) in [6, 6.07) is 7.62. The first-order valence-corrected chi connectivity index (χ1v) is 6.19. The Morgan fingerprint density at radius 1 is 1.35 bits per heavy atom. The predicted molar refractivity (Wildman–Crippen MR) is 76.6 cm³/mol. The predicted octanol–water partition coefficient (Wildman–Crippen LogP) is 2.30. The summed E-state index contributed by atoms with van der Waals surface area (Å²) in [7, 11) is 5.08. The van der Waals surface area contributed by atoms with E-state index in [2.05, 4.69) is 15.3 Å². The molecule has 2 aromatic rings. The third-order valence-corrected chi connectivity index (χ3v) is 2.91. The molecule has 0 unspecified atom stereocenters. The van der Waals surface area contributed by atoms with E-state index in [0.717, 1.165) is 17.5 Å². The Morgan fingerprint density at radius 3 is 2.80 bits per heavy atom. The molecule has 0 aliphatic heterocycles. The molecule has 0 aliphatic rings. The number of halogens is 1. The van der Waals surface area contributed by atoms with Crippen LogP contribution >= 0.6 is 0 Å². The highest BCUT2D eigenvalue weighted by Crippen LogP contribution is 2.23. The van der Waals surface area contributed by atoms with Crippen molar-refractivity contribution < 1.29 is 9.13 Å². The minimum atomic E-state index is -0.457. The van der Waals surface area contributed by atoms with Gasteiger partial charge in [-0.2, -0.15) is 4.98 Å². The molecular formula is C14H17FN4O. The molecule has 0 radical (unpaired) electrons. The van der Waals surface area contributed by atoms with Crippen LogP contribution < -0.4 is 15.0 Å². The topological polar surface area (TPSA) is 50.3 Å². The second-order valence-electron chi connectivity index (χ2n) is 4.28. The second-order valence-corrected chi connectivity index (χ2v) is 4.28. The Morgan fingerprint density at radius 2 is 2.10 bits per heavy atom. The molecule has 0 fully saturated rings. The molecule has 0 saturated carbocycles. The summed E-state index contributed by atoms with van der Waals surface area (Å²) in [6.07, 6.45) is 1.16. The smallest absolute Gasteiger partial charge is 0.224 e. The van der Waals surface area contributed by atoms with Crippen LogP contribution in [0.5, 0.6) is 5.75 Å². The van der Waals surface area contributed by atoms with Gasteiger partial charge in [0.25, 0.3) is 0 Å². The van der Waals surface area contributed by atoms with Crippen LogP contribution in [0.2, 0.25) is 0 Å². The molecule has 0 amide bonds. The molecule has 20 heavy (non-hydrogen) atoms. The molecular weight excluding hydrogens is 259 g/mol. The number of methoxy groups -OCH3 is 1. The highest BCUT2D eigenvalue weighted by molar-refractivity contribution is 5.45. The Hall–Kier alpha value is -2.37. The Bertz CT molecular complexity index is 591. The van der Waals surface area contributed by atoms with E-state index in [0.29, 0.717) is 12.5 Å². The fraction of sp³-hybridized carbons (Fsp3) is 0.286. The molecule has 0 spiro atoms. The van der Waals surface area contributed by atoms with E-state index in [4.69, 9.17) is 4.74 Å². The molecule has 1 aromatic carbocycles. The van der Waals surface area contributed by atoms with Crippen LogP contribution in [-0.2, 0) is 6.54 Å². The lowest BCUT2D eigenvalue weighted by Crippen LogP contribution is -2.20. The molecule has 5 nitrogen and oxygen atoms in total. The summed E-state index contributed by atoms with van der Waals surface area (Å²) < 4.78 is 19.1. The van der Waals surface area contributed by atoms with Crippen molar-refractivity contribution >= 4 is 11.8 Å². The van der Waals surface area contributed by atoms with E-state index in [1.54, 1.807) is 26.1 Å². The highest BCUT2D eigenvalue weighted by atomic mass is 19.1. The molecule has 1 heterocycles. The summed E-state index contributed by atoms with van der Waals surface area (Å²) in [5, 5.41) is 2.80. The number of aromatic nitrogens is 2. The maximum atomic E-state index is 13.8. The van der Waals surface area contributed by atoms with Gasteiger partial charge in [-0.25, -0.2) is 9.37 Å². The molecule has 0 saturated heterocycles. The van der Waals surface area contributed by atoms with Crippen molar-refractivity contribution in [3.05, 3.63) is 41.8 Å². The summed E-state index contributed by atoms with van der Waals surface area (Å²) >= 11 is 0. The monoisotopic (exact) mass is 276 g/mol. The number of anilines is 2. The Balaban J connectivity index is 2.25. The number of nitrogens with zero attached hydrogens (tertiary/aromatic N) is 3. The zero-order valence-electron chi connectivity index (χ0n) is 11.7. The molecule has 2 rings (SSSR count). The van der Waals surface area contributed by atoms with E-state index >= 15 is 0 Å². The third-order valence-electron chi connectivity index (χ3n) is 2.91. The quantitative estimate of drug-likeness (QED) is 0.908. The third kappa shape index (κ3) is 2.96. The summed E-state index contributed by atoms with van der Waals surface area (Å²) in [5.41, 5.74) is 0.960. The molecule has 0 atom stereocenters. The maximum Gasteiger partial charge on any atom is 0.224 e. The van der Waals surface area contributed by atoms with Gasteiger partial charge in [0.05, 0.1) is 13.3 Å². The first-order valence-electron chi connectivity index (χ1n) is 6.19. The number of hydrogen-bond donors (Lipinski definition) is 1. The largest absolute Gasteiger partial charge is 0.496 e. The van der Waals surface area contributed by atoms with Gasteiger partial charge in [-0.3, -0.25) is 0 Å². The van der Waals surface area contributed by atoms with Gasteiger partial charge in [-0.15, -0.1) is 0 Å². The lowest BCUT2D eigenvalue weighted by atomic mass is 10.2. The van der Waals surface area contributed by atoms with Gasteiger partial charge in [0.2, 0.25) is 5.95 Å². The maximum absolute atomic E-state index is 13.8. The van der Waals surface area contributed by atoms with Gasteiger partial charge >= 0.3 is 0 Å². The van der Waals surface area contributed by atoms with Crippen LogP contribution in [0, 0.1) is 5.82 Å². The van der Waals surface area contributed by atoms with E-state index in [1.165, 1.54) is 0 Å². The van der Waals surface area contributed by atoms with Crippen LogP contribution in [0.1, 0.15) is 5.56 Å². The van der Waals surface area contributed by atoms with Crippen LogP contribution in [-0.4, -0.2) is 31.2 Å². The van der Waals surface area contributed by atoms with Crippen molar-refractivity contribution in [2.24, 2.45) is 0 Å². The average Bonchev–Trinajstić information content (AvgIpc) is 2.48. The van der Waals surface area contributed by atoms with Crippen molar-refractivity contribution in [1.29, 1.82) is 0 Å². The van der Waals surface area contributed by atoms with Crippen LogP contribution in [0.25, 0.3) is 0 Å². The number of rotatable bonds is 5. The van der Waals surface area contributed by atoms with E-state index < -0.39 is 5.82 Å². The van der Waals surface area contributed by atoms with E-state index in [9.17, 15) is 4.39 Å². The lowest BCUT2D eigenvalue weighted by molar-refractivity contribution is 0.409. The number of para-hydroxylation sites is 1. The fourth-order valence-electron chi connectivity index (χ4n) is 1.91. The second kappa shape index (κ2) is 6.18. The zero-order valence-corrected chi connectivity index (χ0v) is 11.7. The summed E-state index contributed by atoms with van der Waals surface area (Å²) in [4.78, 5) is 9.68. The van der Waals surface area contributed by atoms with Gasteiger partial charge in [0.1, 0.15) is 5.75 Å². The molecule has 0 bridgehead atoms. The summed E-state index contributed by atoms with van der Waals surface area (Å²) in [5.74, 6) is 0.938. The molecule has 1 aromatic heterocycles. The van der Waals surface area contributed by atoms with E-state index in [1.807, 2.05) is 24.3 Å². The average molecular weight is 276 g/mol. The fourth-order valence-corrected chi connectivity index (χ4v) is 1.91. The molecule has 6 heteroatoms. The number of nitrogens with one attached hydrogen (secondary N) is 1. The van der Waals surface area contributed by atoms with Gasteiger partial charge in [-0.05, 0) is 6.07 Å². The summed E-state index contributed by atoms with van der Waals surface area (Å²) in [6.45, 7) is 0.487. The molecule has 1 N–H and O–H groups in total. The normalized spacial score (nSPS) is 10.2. The lowest BCUT2D eigenvalue weighted by Gasteiger charge is -2.20. The van der Waals surface area contributed by atoms with E-state index in [-0.39, 0.29) is 5.82 Å². The zero-order chi connectivity index (χ0) is 14.5. The SMILES string of the molecule is CNc1ncc(F)c(N(C)Cc2ccccc2OC)n1. The van der Waals surface area contributed by atoms with Crippen molar-refractivity contribution in [3.63, 3.8) is 0 Å². The van der Waals surface area contributed by atoms with Crippen molar-refractivity contribution in [2.75, 3.05) is 31.4 Å². The van der Waals surface area contributed by atoms with Crippen molar-refractivity contribution in [3.8, 4) is 5.75 Å². The Labute approximate surface area is 117 Å². The van der Waals surface area contributed by atoms with Crippen molar-refractivity contribution in [1.82, 2.24) is 9.97 Å². The van der Waals surface area contributed by atoms with Gasteiger partial charge in [0.15, 0.2) is 11.6 Å². The molecule has 0 aliphatic carbocycles. The van der Waals surface area contributed by atoms with Crippen molar-refractivity contribution in [2.45, 2.75) is 6.54 Å². The standard InChI is InChI=1S/C14H17FN4O/c1-16-14-17-8-11(15)13(18-14)19(2)9-10-6-4-5-7-12(10)20-3/h4-8H,9H2,1-3H3,(H,16,17,18). The first-order chi connectivity index (χ1) is 9.65. The number of hydrogen-bond acceptors (Lipinski definition) is 5. The van der Waals surface area contributed by atoms with Gasteiger partial charge in [0, 0.05) is 26.2 Å². The minimum Gasteiger partial charge on any atom is -0.496 e. The van der Waals surface area contributed by atoms with Crippen LogP contribution in [0.3, 0.4) is 0 Å². The number of ether oxygens (including phenoxy) is 1.